The van der Waals surface area contributed by atoms with Gasteiger partial charge in [-0.25, -0.2) is 0 Å². The number of carbonyl (C=O) groups is 1. The van der Waals surface area contributed by atoms with Crippen LogP contribution in [0.4, 0.5) is 0 Å². The number of hydrogen-bond donors (Lipinski definition) is 2. The van der Waals surface area contributed by atoms with Gasteiger partial charge in [-0.3, -0.25) is 0 Å². The van der Waals surface area contributed by atoms with Crippen molar-refractivity contribution in [1.29, 1.82) is 0 Å². The predicted octanol–water partition coefficient (Wildman–Crippen LogP) is 2.51. The van der Waals surface area contributed by atoms with E-state index in [0.29, 0.717) is 5.54 Å². The second-order valence-electron chi connectivity index (χ2n) is 10.7. The third-order valence-electron chi connectivity index (χ3n) is 8.73. The molecule has 35 heavy (non-hydrogen) atoms. The van der Waals surface area contributed by atoms with Crippen LogP contribution in [0.1, 0.15) is 84.0 Å². The number of allylic oxidation sites excluding steroid dienone is 2. The molecule has 11 heteroatoms. The SMILES string of the molecule is C[I-]O[Si](I)(C1=CCC(C2OC2NOS(=O)O)C(C(C)=O)C1)C1CCCC(C2CCCCCC2)C1. The first kappa shape index (κ1) is 29.0. The van der Waals surface area contributed by atoms with Crippen molar-refractivity contribution >= 4 is 44.8 Å². The topological polar surface area (TPSA) is 97.4 Å². The van der Waals surface area contributed by atoms with Gasteiger partial charge in [0.1, 0.15) is 0 Å². The Hall–Kier alpha value is 1.04. The Balaban J connectivity index is 1.47. The van der Waals surface area contributed by atoms with Crippen LogP contribution in [0, 0.1) is 23.7 Å². The van der Waals surface area contributed by atoms with Gasteiger partial charge in [0.25, 0.3) is 0 Å². The summed E-state index contributed by atoms with van der Waals surface area (Å²) in [5.74, 6) is -0.284. The van der Waals surface area contributed by atoms with Crippen LogP contribution < -0.4 is 27.1 Å². The van der Waals surface area contributed by atoms with Crippen molar-refractivity contribution in [2.75, 3.05) is 4.93 Å². The monoisotopic (exact) mass is 752 g/mol. The van der Waals surface area contributed by atoms with E-state index in [-0.39, 0.29) is 45.3 Å². The maximum absolute atomic E-state index is 12.8. The zero-order valence-electron chi connectivity index (χ0n) is 20.8. The average Bonchev–Trinajstić information content (AvgIpc) is 3.66. The first-order chi connectivity index (χ1) is 16.8. The molecule has 2 N–H and O–H groups in total. The molecule has 0 bridgehead atoms. The van der Waals surface area contributed by atoms with E-state index in [1.807, 2.05) is 0 Å². The molecule has 1 aliphatic heterocycles. The zero-order chi connectivity index (χ0) is 25.0. The van der Waals surface area contributed by atoms with Gasteiger partial charge in [-0.05, 0) is 0 Å². The fourth-order valence-corrected chi connectivity index (χ4v) is 20.3. The summed E-state index contributed by atoms with van der Waals surface area (Å²) < 4.78 is 36.7. The molecule has 3 aliphatic carbocycles. The molecule has 8 unspecified atom stereocenters. The van der Waals surface area contributed by atoms with E-state index in [1.165, 1.54) is 69.4 Å². The molecular weight excluding hydrogens is 712 g/mol. The van der Waals surface area contributed by atoms with Crippen LogP contribution in [-0.2, 0) is 27.9 Å². The number of alkyl halides is 1. The van der Waals surface area contributed by atoms with Gasteiger partial charge in [0.15, 0.2) is 0 Å². The second kappa shape index (κ2) is 13.4. The Morgan fingerprint density at radius 1 is 1.20 bits per heavy atom. The van der Waals surface area contributed by atoms with E-state index < -0.39 is 23.4 Å². The number of epoxide rings is 1. The molecule has 1 saturated heterocycles. The third-order valence-corrected chi connectivity index (χ3v) is 23.5. The molecule has 4 aliphatic rings. The summed E-state index contributed by atoms with van der Waals surface area (Å²) in [6, 6.07) is 0. The Morgan fingerprint density at radius 2 is 1.91 bits per heavy atom. The van der Waals surface area contributed by atoms with Gasteiger partial charge in [-0.2, -0.15) is 0 Å². The Bertz CT molecular complexity index is 798. The molecule has 8 atom stereocenters. The Labute approximate surface area is 237 Å². The summed E-state index contributed by atoms with van der Waals surface area (Å²) in [5.41, 5.74) is 3.14. The molecule has 0 spiro atoms. The van der Waals surface area contributed by atoms with Crippen molar-refractivity contribution in [2.45, 2.75) is 102 Å². The van der Waals surface area contributed by atoms with Gasteiger partial charge in [0.2, 0.25) is 0 Å². The molecule has 202 valence electrons. The van der Waals surface area contributed by atoms with E-state index in [4.69, 9.17) is 12.0 Å². The van der Waals surface area contributed by atoms with Gasteiger partial charge in [-0.1, -0.05) is 0 Å². The average molecular weight is 753 g/mol. The van der Waals surface area contributed by atoms with Gasteiger partial charge in [-0.15, -0.1) is 0 Å². The van der Waals surface area contributed by atoms with E-state index in [1.54, 1.807) is 6.92 Å². The Kier molecular flexibility index (Phi) is 11.1. The van der Waals surface area contributed by atoms with Crippen molar-refractivity contribution in [2.24, 2.45) is 23.7 Å². The van der Waals surface area contributed by atoms with E-state index in [0.717, 1.165) is 24.7 Å². The number of ether oxygens (including phenoxy) is 1. The van der Waals surface area contributed by atoms with Gasteiger partial charge in [0.05, 0.1) is 0 Å². The fraction of sp³-hybridized carbons (Fsp3) is 0.875. The standard InChI is InChI=1S/C24H40I2NO6SSi/c1-16(28)22-15-20(12-13-21(22)23-24(31-23)27-33-34(29)30)35(25,32-26-2)19-11-7-10-18(14-19)17-8-5-3-4-6-9-17/h12,17-19,21-24,27H,3-11,13-15H2,1-2H3,(H,29,30)/q-1. The number of halogens is 2. The number of Topliss-reactive ketones (excluding diaryl/α,β-unsaturated/α-hetero) is 1. The predicted molar refractivity (Wildman–Crippen MR) is 142 cm³/mol. The zero-order valence-corrected chi connectivity index (χ0v) is 26.9. The molecule has 7 nitrogen and oxygen atoms in total. The second-order valence-corrected chi connectivity index (χ2v) is 21.3. The molecule has 3 fully saturated rings. The number of nitrogens with one attached hydrogen (secondary N) is 1. The van der Waals surface area contributed by atoms with Gasteiger partial charge >= 0.3 is 239 Å². The minimum atomic E-state index is -2.39. The van der Waals surface area contributed by atoms with Crippen LogP contribution in [0.15, 0.2) is 11.3 Å². The molecule has 2 saturated carbocycles. The molecule has 0 radical (unpaired) electrons. The summed E-state index contributed by atoms with van der Waals surface area (Å²) in [7, 11) is 0. The minimum absolute atomic E-state index is 0.0561. The molecule has 0 amide bonds. The van der Waals surface area contributed by atoms with E-state index in [2.05, 4.69) is 42.6 Å². The number of hydroxylamine groups is 1. The normalized spacial score (nSPS) is 37.2. The van der Waals surface area contributed by atoms with Gasteiger partial charge in [0, 0.05) is 0 Å². The summed E-state index contributed by atoms with van der Waals surface area (Å²) in [5, 5.41) is 1.43. The molecule has 0 aromatic rings. The van der Waals surface area contributed by atoms with Crippen LogP contribution in [0.2, 0.25) is 5.54 Å². The number of carbonyl (C=O) groups excluding carboxylic acids is 1. The molecule has 0 aromatic heterocycles. The molecular formula is C24H40I2NO6SSi-. The number of ketones is 1. The van der Waals surface area contributed by atoms with E-state index >= 15 is 0 Å². The molecule has 1 heterocycles. The summed E-state index contributed by atoms with van der Waals surface area (Å²) >= 11 is 0.0409. The van der Waals surface area contributed by atoms with Crippen molar-refractivity contribution in [1.82, 2.24) is 5.48 Å². The molecule has 0 aromatic carbocycles. The van der Waals surface area contributed by atoms with Crippen LogP contribution in [-0.4, -0.2) is 37.6 Å². The van der Waals surface area contributed by atoms with Crippen LogP contribution >= 0.6 is 21.8 Å². The first-order valence-corrected chi connectivity index (χ1v) is 22.3. The summed E-state index contributed by atoms with van der Waals surface area (Å²) in [6.45, 7) is 1.69. The molecule has 4 rings (SSSR count). The van der Waals surface area contributed by atoms with Crippen LogP contribution in [0.3, 0.4) is 0 Å². The third kappa shape index (κ3) is 7.37. The van der Waals surface area contributed by atoms with Crippen LogP contribution in [0.5, 0.6) is 0 Å². The van der Waals surface area contributed by atoms with Crippen molar-refractivity contribution < 1.29 is 47.0 Å². The quantitative estimate of drug-likeness (QED) is 0.0518. The van der Waals surface area contributed by atoms with Crippen LogP contribution in [0.25, 0.3) is 0 Å². The maximum atomic E-state index is 12.8. The van der Waals surface area contributed by atoms with Crippen molar-refractivity contribution in [3.05, 3.63) is 11.3 Å². The Morgan fingerprint density at radius 3 is 2.57 bits per heavy atom. The van der Waals surface area contributed by atoms with Crippen molar-refractivity contribution in [3.63, 3.8) is 0 Å². The van der Waals surface area contributed by atoms with E-state index in [9.17, 15) is 9.00 Å². The van der Waals surface area contributed by atoms with Crippen molar-refractivity contribution in [3.8, 4) is 0 Å². The summed E-state index contributed by atoms with van der Waals surface area (Å²) in [6.07, 6.45) is 17.0. The first-order valence-electron chi connectivity index (χ1n) is 13.1. The van der Waals surface area contributed by atoms with Gasteiger partial charge < -0.3 is 0 Å². The number of rotatable bonds is 10. The summed E-state index contributed by atoms with van der Waals surface area (Å²) in [4.78, 5) is 15.0. The number of hydrogen-bond acceptors (Lipinski definition) is 6. The fourth-order valence-electron chi connectivity index (χ4n) is 6.90.